The van der Waals surface area contributed by atoms with E-state index in [1.807, 2.05) is 0 Å². The number of carboxylic acid groups (broad SMARTS) is 2. The first kappa shape index (κ1) is 11.8. The molecule has 1 rings (SSSR count). The van der Waals surface area contributed by atoms with Crippen LogP contribution in [0.2, 0.25) is 0 Å². The molecule has 0 aromatic heterocycles. The number of hydrogen-bond acceptors (Lipinski definition) is 3. The van der Waals surface area contributed by atoms with Crippen LogP contribution in [0.4, 0.5) is 4.79 Å². The maximum absolute atomic E-state index is 10.9. The summed E-state index contributed by atoms with van der Waals surface area (Å²) in [6, 6.07) is 0. The average molecular weight is 217 g/mol. The van der Waals surface area contributed by atoms with Crippen LogP contribution in [0.15, 0.2) is 0 Å². The van der Waals surface area contributed by atoms with Crippen molar-refractivity contribution in [2.45, 2.75) is 6.92 Å². The fourth-order valence-electron chi connectivity index (χ4n) is 1.96. The summed E-state index contributed by atoms with van der Waals surface area (Å²) in [6.07, 6.45) is -1.10. The molecule has 6 nitrogen and oxygen atoms in total. The minimum Gasteiger partial charge on any atom is -0.481 e. The third kappa shape index (κ3) is 2.38. The van der Waals surface area contributed by atoms with Gasteiger partial charge in [0.05, 0.1) is 5.92 Å². The summed E-state index contributed by atoms with van der Waals surface area (Å²) >= 11 is 0. The summed E-state index contributed by atoms with van der Waals surface area (Å²) in [6.45, 7) is 1.81. The van der Waals surface area contributed by atoms with Gasteiger partial charge in [0.15, 0.2) is 0 Å². The van der Waals surface area contributed by atoms with Gasteiger partial charge in [-0.05, 0) is 11.8 Å². The number of aliphatic hydroxyl groups excluding tert-OH is 1. The second-order valence-electron chi connectivity index (χ2n) is 3.96. The van der Waals surface area contributed by atoms with E-state index in [9.17, 15) is 9.59 Å². The Bertz CT molecular complexity index is 267. The van der Waals surface area contributed by atoms with E-state index in [0.717, 1.165) is 4.90 Å². The number of hydrogen-bond donors (Lipinski definition) is 3. The molecule has 15 heavy (non-hydrogen) atoms. The lowest BCUT2D eigenvalue weighted by Gasteiger charge is -2.19. The van der Waals surface area contributed by atoms with Gasteiger partial charge in [0.2, 0.25) is 0 Å². The molecule has 1 saturated heterocycles. The predicted molar refractivity (Wildman–Crippen MR) is 50.5 cm³/mol. The summed E-state index contributed by atoms with van der Waals surface area (Å²) in [5, 5.41) is 26.6. The van der Waals surface area contributed by atoms with Crippen molar-refractivity contribution < 1.29 is 24.9 Å². The van der Waals surface area contributed by atoms with E-state index in [0.29, 0.717) is 0 Å². The highest BCUT2D eigenvalue weighted by atomic mass is 16.4. The summed E-state index contributed by atoms with van der Waals surface area (Å²) in [5.74, 6) is -2.20. The van der Waals surface area contributed by atoms with Gasteiger partial charge in [-0.3, -0.25) is 4.79 Å². The highest BCUT2D eigenvalue weighted by Gasteiger charge is 2.41. The van der Waals surface area contributed by atoms with E-state index < -0.39 is 18.0 Å². The van der Waals surface area contributed by atoms with E-state index in [-0.39, 0.29) is 31.5 Å². The number of aliphatic hydroxyl groups is 1. The van der Waals surface area contributed by atoms with Crippen molar-refractivity contribution in [1.82, 2.24) is 4.90 Å². The monoisotopic (exact) mass is 217 g/mol. The first-order chi connectivity index (χ1) is 6.97. The Labute approximate surface area is 87.1 Å². The molecule has 2 unspecified atom stereocenters. The van der Waals surface area contributed by atoms with Gasteiger partial charge in [-0.1, -0.05) is 6.92 Å². The number of aliphatic carboxylic acids is 1. The lowest BCUT2D eigenvalue weighted by Crippen LogP contribution is -2.28. The number of carbonyl (C=O) groups is 2. The molecule has 0 spiro atoms. The zero-order valence-electron chi connectivity index (χ0n) is 8.46. The maximum Gasteiger partial charge on any atom is 0.407 e. The fraction of sp³-hybridized carbons (Fsp3) is 0.778. The van der Waals surface area contributed by atoms with Crippen LogP contribution < -0.4 is 0 Å². The van der Waals surface area contributed by atoms with Gasteiger partial charge in [0, 0.05) is 19.7 Å². The van der Waals surface area contributed by atoms with Crippen LogP contribution >= 0.6 is 0 Å². The first-order valence-corrected chi connectivity index (χ1v) is 4.79. The normalized spacial score (nSPS) is 27.7. The molecule has 0 radical (unpaired) electrons. The van der Waals surface area contributed by atoms with Gasteiger partial charge in [-0.15, -0.1) is 0 Å². The Morgan fingerprint density at radius 2 is 2.00 bits per heavy atom. The number of likely N-dealkylation sites (tertiary alicyclic amines) is 1. The van der Waals surface area contributed by atoms with Crippen molar-refractivity contribution in [2.24, 2.45) is 17.8 Å². The van der Waals surface area contributed by atoms with Crippen LogP contribution in [0, 0.1) is 17.8 Å². The van der Waals surface area contributed by atoms with Crippen molar-refractivity contribution in [1.29, 1.82) is 0 Å². The Morgan fingerprint density at radius 3 is 2.40 bits per heavy atom. The van der Waals surface area contributed by atoms with Crippen LogP contribution in [0.3, 0.4) is 0 Å². The number of nitrogens with zero attached hydrogens (tertiary/aromatic N) is 1. The molecular weight excluding hydrogens is 202 g/mol. The van der Waals surface area contributed by atoms with Gasteiger partial charge < -0.3 is 20.2 Å². The van der Waals surface area contributed by atoms with Crippen LogP contribution in [0.5, 0.6) is 0 Å². The summed E-state index contributed by atoms with van der Waals surface area (Å²) in [4.78, 5) is 22.7. The predicted octanol–water partition coefficient (Wildman–Crippen LogP) is -0.0746. The van der Waals surface area contributed by atoms with Gasteiger partial charge in [-0.25, -0.2) is 4.79 Å². The van der Waals surface area contributed by atoms with E-state index >= 15 is 0 Å². The first-order valence-electron chi connectivity index (χ1n) is 4.79. The molecule has 6 heteroatoms. The molecule has 1 heterocycles. The summed E-state index contributed by atoms with van der Waals surface area (Å²) in [7, 11) is 0. The zero-order valence-corrected chi connectivity index (χ0v) is 8.46. The molecule has 86 valence electrons. The van der Waals surface area contributed by atoms with Crippen molar-refractivity contribution >= 4 is 12.1 Å². The highest BCUT2D eigenvalue weighted by molar-refractivity contribution is 5.73. The van der Waals surface area contributed by atoms with Crippen LogP contribution in [0.1, 0.15) is 6.92 Å². The summed E-state index contributed by atoms with van der Waals surface area (Å²) < 4.78 is 0. The van der Waals surface area contributed by atoms with Gasteiger partial charge in [0.1, 0.15) is 0 Å². The Balaban J connectivity index is 2.76. The lowest BCUT2D eigenvalue weighted by atomic mass is 9.85. The third-order valence-electron chi connectivity index (χ3n) is 2.97. The fourth-order valence-corrected chi connectivity index (χ4v) is 1.96. The average Bonchev–Trinajstić information content (AvgIpc) is 2.61. The van der Waals surface area contributed by atoms with Crippen molar-refractivity contribution in [3.05, 3.63) is 0 Å². The molecule has 0 aromatic rings. The van der Waals surface area contributed by atoms with Gasteiger partial charge >= 0.3 is 12.1 Å². The molecule has 0 bridgehead atoms. The second kappa shape index (κ2) is 4.48. The smallest absolute Gasteiger partial charge is 0.407 e. The Morgan fingerprint density at radius 1 is 1.40 bits per heavy atom. The molecule has 3 atom stereocenters. The van der Waals surface area contributed by atoms with Crippen LogP contribution in [-0.2, 0) is 4.79 Å². The zero-order chi connectivity index (χ0) is 11.6. The highest BCUT2D eigenvalue weighted by Crippen LogP contribution is 2.29. The molecule has 0 aliphatic carbocycles. The number of amides is 1. The largest absolute Gasteiger partial charge is 0.481 e. The molecule has 1 aliphatic rings. The van der Waals surface area contributed by atoms with Crippen LogP contribution in [0.25, 0.3) is 0 Å². The van der Waals surface area contributed by atoms with E-state index in [1.54, 1.807) is 6.92 Å². The van der Waals surface area contributed by atoms with E-state index in [4.69, 9.17) is 15.3 Å². The molecular formula is C9H15NO5. The van der Waals surface area contributed by atoms with Gasteiger partial charge in [0.25, 0.3) is 0 Å². The van der Waals surface area contributed by atoms with Gasteiger partial charge in [-0.2, -0.15) is 0 Å². The summed E-state index contributed by atoms with van der Waals surface area (Å²) in [5.41, 5.74) is 0. The SMILES string of the molecule is C[C@@H](CO)C1CN(C(=O)O)CC1C(=O)O. The van der Waals surface area contributed by atoms with Crippen molar-refractivity contribution in [2.75, 3.05) is 19.7 Å². The molecule has 1 amide bonds. The third-order valence-corrected chi connectivity index (χ3v) is 2.97. The van der Waals surface area contributed by atoms with Crippen molar-refractivity contribution in [3.8, 4) is 0 Å². The molecule has 0 aromatic carbocycles. The van der Waals surface area contributed by atoms with E-state index in [2.05, 4.69) is 0 Å². The molecule has 0 saturated carbocycles. The minimum absolute atomic E-state index is 0.0136. The number of carboxylic acids is 1. The topological polar surface area (TPSA) is 98.1 Å². The van der Waals surface area contributed by atoms with Crippen molar-refractivity contribution in [3.63, 3.8) is 0 Å². The van der Waals surface area contributed by atoms with E-state index in [1.165, 1.54) is 0 Å². The molecule has 1 fully saturated rings. The Hall–Kier alpha value is -1.30. The number of rotatable bonds is 3. The lowest BCUT2D eigenvalue weighted by molar-refractivity contribution is -0.143. The second-order valence-corrected chi connectivity index (χ2v) is 3.96. The minimum atomic E-state index is -1.10. The quantitative estimate of drug-likeness (QED) is 0.614. The molecule has 1 aliphatic heterocycles. The molecule has 3 N–H and O–H groups in total. The van der Waals surface area contributed by atoms with Crippen LogP contribution in [-0.4, -0.2) is 52.0 Å². The standard InChI is InChI=1S/C9H15NO5/c1-5(4-11)6-2-10(9(14)15)3-7(6)8(12)13/h5-7,11H,2-4H2,1H3,(H,12,13)(H,14,15)/t5-,6?,7?/m0/s1. The maximum atomic E-state index is 10.9. The Kier molecular flexibility index (Phi) is 3.52.